The quantitative estimate of drug-likeness (QED) is 0.866. The molecule has 0 radical (unpaired) electrons. The van der Waals surface area contributed by atoms with E-state index in [1.54, 1.807) is 0 Å². The van der Waals surface area contributed by atoms with Gasteiger partial charge >= 0.3 is 5.97 Å². The molecule has 1 aliphatic carbocycles. The summed E-state index contributed by atoms with van der Waals surface area (Å²) in [5.41, 5.74) is 0.521. The van der Waals surface area contributed by atoms with Crippen LogP contribution in [0.25, 0.3) is 0 Å². The van der Waals surface area contributed by atoms with Gasteiger partial charge in [0.15, 0.2) is 0 Å². The van der Waals surface area contributed by atoms with Crippen molar-refractivity contribution >= 4 is 23.4 Å². The lowest BCUT2D eigenvalue weighted by Gasteiger charge is -2.16. The van der Waals surface area contributed by atoms with Crippen molar-refractivity contribution in [1.29, 1.82) is 0 Å². The number of rotatable bonds is 5. The third-order valence-electron chi connectivity index (χ3n) is 3.36. The summed E-state index contributed by atoms with van der Waals surface area (Å²) in [6, 6.07) is 4.16. The molecule has 3 nitrogen and oxygen atoms in total. The highest BCUT2D eigenvalue weighted by Gasteiger charge is 2.25. The van der Waals surface area contributed by atoms with Crippen LogP contribution < -0.4 is 5.32 Å². The average molecular weight is 283 g/mol. The topological polar surface area (TPSA) is 49.3 Å². The zero-order chi connectivity index (χ0) is 13.8. The number of halogens is 1. The minimum Gasteiger partial charge on any atom is -0.478 e. The molecule has 2 N–H and O–H groups in total. The number of nitrogens with one attached hydrogen (secondary N) is 1. The highest BCUT2D eigenvalue weighted by Crippen LogP contribution is 2.32. The smallest absolute Gasteiger partial charge is 0.337 e. The standard InChI is InChI=1S/C14H18FNO2S/c1-2-19-11-5-4-10(8-11)16-13-6-3-9(15)7-12(13)14(17)18/h3,6-7,10-11,16H,2,4-5,8H2,1H3,(H,17,18). The van der Waals surface area contributed by atoms with Crippen molar-refractivity contribution in [2.75, 3.05) is 11.1 Å². The zero-order valence-corrected chi connectivity index (χ0v) is 11.7. The molecule has 2 atom stereocenters. The Labute approximate surface area is 116 Å². The molecular formula is C14H18FNO2S. The molecule has 1 saturated carbocycles. The van der Waals surface area contributed by atoms with E-state index >= 15 is 0 Å². The van der Waals surface area contributed by atoms with Crippen LogP contribution >= 0.6 is 11.8 Å². The van der Waals surface area contributed by atoms with Crippen molar-refractivity contribution in [3.05, 3.63) is 29.6 Å². The molecular weight excluding hydrogens is 265 g/mol. The molecule has 0 spiro atoms. The lowest BCUT2D eigenvalue weighted by Crippen LogP contribution is -2.18. The SMILES string of the molecule is CCSC1CCC(Nc2ccc(F)cc2C(=O)O)C1. The Bertz CT molecular complexity index is 467. The van der Waals surface area contributed by atoms with Gasteiger partial charge in [-0.25, -0.2) is 9.18 Å². The second-order valence-electron chi connectivity index (χ2n) is 4.73. The van der Waals surface area contributed by atoms with Crippen molar-refractivity contribution in [2.45, 2.75) is 37.5 Å². The van der Waals surface area contributed by atoms with Crippen LogP contribution in [-0.4, -0.2) is 28.1 Å². The Balaban J connectivity index is 2.05. The minimum absolute atomic E-state index is 0.00611. The van der Waals surface area contributed by atoms with Gasteiger partial charge in [-0.3, -0.25) is 0 Å². The van der Waals surface area contributed by atoms with Crippen LogP contribution in [0, 0.1) is 5.82 Å². The van der Waals surface area contributed by atoms with Crippen LogP contribution in [-0.2, 0) is 0 Å². The summed E-state index contributed by atoms with van der Waals surface area (Å²) >= 11 is 1.95. The molecule has 19 heavy (non-hydrogen) atoms. The van der Waals surface area contributed by atoms with E-state index in [0.717, 1.165) is 31.1 Å². The van der Waals surface area contributed by atoms with Gasteiger partial charge in [0.2, 0.25) is 0 Å². The summed E-state index contributed by atoms with van der Waals surface area (Å²) in [7, 11) is 0. The lowest BCUT2D eigenvalue weighted by atomic mass is 10.1. The summed E-state index contributed by atoms with van der Waals surface area (Å²) < 4.78 is 13.1. The first kappa shape index (κ1) is 14.2. The van der Waals surface area contributed by atoms with E-state index in [-0.39, 0.29) is 11.6 Å². The molecule has 5 heteroatoms. The van der Waals surface area contributed by atoms with Crippen molar-refractivity contribution < 1.29 is 14.3 Å². The van der Waals surface area contributed by atoms with Crippen molar-refractivity contribution in [1.82, 2.24) is 0 Å². The summed E-state index contributed by atoms with van der Waals surface area (Å²) in [5.74, 6) is -0.512. The zero-order valence-electron chi connectivity index (χ0n) is 10.9. The lowest BCUT2D eigenvalue weighted by molar-refractivity contribution is 0.0697. The van der Waals surface area contributed by atoms with Gasteiger partial charge in [-0.15, -0.1) is 0 Å². The molecule has 2 rings (SSSR count). The van der Waals surface area contributed by atoms with Gasteiger partial charge in [0.05, 0.1) is 5.56 Å². The number of carboxylic acid groups (broad SMARTS) is 1. The largest absolute Gasteiger partial charge is 0.478 e. The van der Waals surface area contributed by atoms with E-state index in [0.29, 0.717) is 10.9 Å². The fraction of sp³-hybridized carbons (Fsp3) is 0.500. The predicted octanol–water partition coefficient (Wildman–Crippen LogP) is 3.61. The Morgan fingerprint density at radius 3 is 3.00 bits per heavy atom. The number of hydrogen-bond acceptors (Lipinski definition) is 3. The van der Waals surface area contributed by atoms with Gasteiger partial charge in [0.25, 0.3) is 0 Å². The van der Waals surface area contributed by atoms with Crippen molar-refractivity contribution in [2.24, 2.45) is 0 Å². The van der Waals surface area contributed by atoms with Gasteiger partial charge in [-0.2, -0.15) is 11.8 Å². The average Bonchev–Trinajstić information content (AvgIpc) is 2.79. The van der Waals surface area contributed by atoms with Crippen LogP contribution in [0.5, 0.6) is 0 Å². The molecule has 0 amide bonds. The molecule has 104 valence electrons. The van der Waals surface area contributed by atoms with Gasteiger partial charge in [0.1, 0.15) is 5.82 Å². The first-order chi connectivity index (χ1) is 9.10. The summed E-state index contributed by atoms with van der Waals surface area (Å²) in [6.07, 6.45) is 3.23. The first-order valence-corrected chi connectivity index (χ1v) is 7.56. The minimum atomic E-state index is -1.10. The maximum absolute atomic E-state index is 13.1. The number of carboxylic acids is 1. The number of aromatic carboxylic acids is 1. The van der Waals surface area contributed by atoms with E-state index in [9.17, 15) is 9.18 Å². The third kappa shape index (κ3) is 3.62. The van der Waals surface area contributed by atoms with Gasteiger partial charge in [-0.05, 0) is 43.2 Å². The summed E-state index contributed by atoms with van der Waals surface area (Å²) in [4.78, 5) is 11.1. The molecule has 1 aromatic carbocycles. The molecule has 0 bridgehead atoms. The van der Waals surface area contributed by atoms with Crippen LogP contribution in [0.1, 0.15) is 36.5 Å². The van der Waals surface area contributed by atoms with Crippen molar-refractivity contribution in [3.8, 4) is 0 Å². The van der Waals surface area contributed by atoms with Crippen LogP contribution in [0.15, 0.2) is 18.2 Å². The predicted molar refractivity (Wildman–Crippen MR) is 76.5 cm³/mol. The number of benzene rings is 1. The molecule has 0 saturated heterocycles. The fourth-order valence-electron chi connectivity index (χ4n) is 2.50. The second kappa shape index (κ2) is 6.28. The summed E-state index contributed by atoms with van der Waals surface area (Å²) in [6.45, 7) is 2.15. The monoisotopic (exact) mass is 283 g/mol. The highest BCUT2D eigenvalue weighted by molar-refractivity contribution is 7.99. The van der Waals surface area contributed by atoms with Crippen LogP contribution in [0.2, 0.25) is 0 Å². The maximum atomic E-state index is 13.1. The molecule has 0 heterocycles. The molecule has 0 aliphatic heterocycles. The number of thioether (sulfide) groups is 1. The number of anilines is 1. The second-order valence-corrected chi connectivity index (χ2v) is 6.30. The first-order valence-electron chi connectivity index (χ1n) is 6.51. The fourth-order valence-corrected chi connectivity index (χ4v) is 3.64. The maximum Gasteiger partial charge on any atom is 0.337 e. The number of carbonyl (C=O) groups is 1. The molecule has 1 aliphatic rings. The normalized spacial score (nSPS) is 22.4. The van der Waals surface area contributed by atoms with E-state index in [4.69, 9.17) is 5.11 Å². The van der Waals surface area contributed by atoms with Gasteiger partial charge in [0, 0.05) is 17.0 Å². The molecule has 0 aromatic heterocycles. The van der Waals surface area contributed by atoms with E-state index < -0.39 is 11.8 Å². The Hall–Kier alpha value is -1.23. The van der Waals surface area contributed by atoms with Gasteiger partial charge < -0.3 is 10.4 Å². The molecule has 1 fully saturated rings. The van der Waals surface area contributed by atoms with E-state index in [1.807, 2.05) is 11.8 Å². The Morgan fingerprint density at radius 1 is 1.53 bits per heavy atom. The Morgan fingerprint density at radius 2 is 2.32 bits per heavy atom. The Kier molecular flexibility index (Phi) is 4.69. The molecule has 1 aromatic rings. The summed E-state index contributed by atoms with van der Waals surface area (Å²) in [5, 5.41) is 13.0. The molecule has 2 unspecified atom stereocenters. The van der Waals surface area contributed by atoms with E-state index in [1.165, 1.54) is 12.1 Å². The van der Waals surface area contributed by atoms with E-state index in [2.05, 4.69) is 12.2 Å². The number of hydrogen-bond donors (Lipinski definition) is 2. The third-order valence-corrected chi connectivity index (χ3v) is 4.59. The van der Waals surface area contributed by atoms with Crippen LogP contribution in [0.4, 0.5) is 10.1 Å². The van der Waals surface area contributed by atoms with Crippen LogP contribution in [0.3, 0.4) is 0 Å². The van der Waals surface area contributed by atoms with Gasteiger partial charge in [-0.1, -0.05) is 6.92 Å². The van der Waals surface area contributed by atoms with Crippen molar-refractivity contribution in [3.63, 3.8) is 0 Å². The highest BCUT2D eigenvalue weighted by atomic mass is 32.2.